The number of rotatable bonds is 9. The van der Waals surface area contributed by atoms with Crippen LogP contribution in [0, 0.1) is 0 Å². The molecule has 3 heteroatoms. The summed E-state index contributed by atoms with van der Waals surface area (Å²) in [6.45, 7) is 3.65. The lowest BCUT2D eigenvalue weighted by Crippen LogP contribution is -1.83. The molecule has 0 radical (unpaired) electrons. The molecule has 0 aliphatic rings. The molecule has 0 amide bonds. The van der Waals surface area contributed by atoms with E-state index in [0.29, 0.717) is 6.61 Å². The Labute approximate surface area is 106 Å². The van der Waals surface area contributed by atoms with Crippen LogP contribution in [0.4, 0.5) is 0 Å². The summed E-state index contributed by atoms with van der Waals surface area (Å²) in [7, 11) is 0. The molecular formula is C14H28O3. The van der Waals surface area contributed by atoms with Gasteiger partial charge in [0.25, 0.3) is 5.97 Å². The minimum absolute atomic E-state index is 0.358. The molecule has 0 atom stereocenters. The van der Waals surface area contributed by atoms with Crippen molar-refractivity contribution in [3.05, 3.63) is 12.2 Å². The monoisotopic (exact) mass is 244 g/mol. The van der Waals surface area contributed by atoms with Gasteiger partial charge in [0.05, 0.1) is 0 Å². The number of aliphatic hydroxyl groups excluding tert-OH is 1. The van der Waals surface area contributed by atoms with E-state index in [1.54, 1.807) is 0 Å². The van der Waals surface area contributed by atoms with Gasteiger partial charge in [0, 0.05) is 13.5 Å². The molecule has 0 aromatic rings. The third-order valence-corrected chi connectivity index (χ3v) is 2.15. The molecule has 102 valence electrons. The predicted octanol–water partition coefficient (Wildman–Crippen LogP) is 3.77. The Balaban J connectivity index is 0. The fraction of sp³-hybridized carbons (Fsp3) is 0.786. The zero-order valence-electron chi connectivity index (χ0n) is 11.3. The Morgan fingerprint density at radius 3 is 2.00 bits per heavy atom. The summed E-state index contributed by atoms with van der Waals surface area (Å²) in [5.41, 5.74) is 0. The molecule has 0 aromatic heterocycles. The molecule has 2 N–H and O–H groups in total. The Morgan fingerprint density at radius 1 is 1.00 bits per heavy atom. The summed E-state index contributed by atoms with van der Waals surface area (Å²) < 4.78 is 0. The summed E-state index contributed by atoms with van der Waals surface area (Å²) in [5, 5.41) is 16.0. The van der Waals surface area contributed by atoms with Crippen molar-refractivity contribution in [3.8, 4) is 0 Å². The normalized spacial score (nSPS) is 10.1. The molecule has 0 bridgehead atoms. The van der Waals surface area contributed by atoms with Crippen molar-refractivity contribution in [2.75, 3.05) is 6.61 Å². The van der Waals surface area contributed by atoms with Crippen molar-refractivity contribution >= 4 is 5.97 Å². The van der Waals surface area contributed by atoms with Crippen LogP contribution in [0.5, 0.6) is 0 Å². The van der Waals surface area contributed by atoms with Gasteiger partial charge in [-0.1, -0.05) is 44.8 Å². The van der Waals surface area contributed by atoms with Gasteiger partial charge >= 0.3 is 0 Å². The topological polar surface area (TPSA) is 57.5 Å². The molecule has 0 aromatic carbocycles. The van der Waals surface area contributed by atoms with Crippen molar-refractivity contribution in [1.82, 2.24) is 0 Å². The highest BCUT2D eigenvalue weighted by atomic mass is 16.4. The third kappa shape index (κ3) is 31.3. The first-order valence-electron chi connectivity index (χ1n) is 6.60. The largest absolute Gasteiger partial charge is 0.481 e. The van der Waals surface area contributed by atoms with Gasteiger partial charge in [-0.3, -0.25) is 4.79 Å². The maximum absolute atomic E-state index is 9.00. The Morgan fingerprint density at radius 2 is 1.47 bits per heavy atom. The van der Waals surface area contributed by atoms with E-state index in [1.807, 2.05) is 0 Å². The van der Waals surface area contributed by atoms with Gasteiger partial charge in [-0.25, -0.2) is 0 Å². The van der Waals surface area contributed by atoms with Crippen LogP contribution in [0.2, 0.25) is 0 Å². The molecule has 0 heterocycles. The molecule has 0 saturated heterocycles. The van der Waals surface area contributed by atoms with Crippen LogP contribution in [0.3, 0.4) is 0 Å². The van der Waals surface area contributed by atoms with Crippen molar-refractivity contribution in [2.45, 2.75) is 65.2 Å². The van der Waals surface area contributed by atoms with Crippen LogP contribution in [0.1, 0.15) is 65.2 Å². The van der Waals surface area contributed by atoms with E-state index in [1.165, 1.54) is 44.9 Å². The number of allylic oxidation sites excluding steroid dienone is 2. The summed E-state index contributed by atoms with van der Waals surface area (Å²) in [6, 6.07) is 0. The molecule has 0 aliphatic heterocycles. The van der Waals surface area contributed by atoms with Gasteiger partial charge < -0.3 is 10.2 Å². The first kappa shape index (κ1) is 18.5. The summed E-state index contributed by atoms with van der Waals surface area (Å²) in [4.78, 5) is 9.00. The SMILES string of the molecule is CC(=O)O.CCC/C=C\CCCCCCCO. The maximum Gasteiger partial charge on any atom is 0.300 e. The smallest absolute Gasteiger partial charge is 0.300 e. The molecule has 3 nitrogen and oxygen atoms in total. The fourth-order valence-electron chi connectivity index (χ4n) is 1.31. The zero-order chi connectivity index (χ0) is 13.4. The molecule has 0 fully saturated rings. The fourth-order valence-corrected chi connectivity index (χ4v) is 1.31. The van der Waals surface area contributed by atoms with Crippen molar-refractivity contribution < 1.29 is 15.0 Å². The van der Waals surface area contributed by atoms with E-state index in [4.69, 9.17) is 15.0 Å². The van der Waals surface area contributed by atoms with Gasteiger partial charge in [0.2, 0.25) is 0 Å². The van der Waals surface area contributed by atoms with Gasteiger partial charge in [0.1, 0.15) is 0 Å². The Bertz CT molecular complexity index is 172. The number of unbranched alkanes of at least 4 members (excludes halogenated alkanes) is 6. The van der Waals surface area contributed by atoms with Crippen molar-refractivity contribution in [1.29, 1.82) is 0 Å². The molecule has 0 unspecified atom stereocenters. The summed E-state index contributed by atoms with van der Waals surface area (Å²) in [6.07, 6.45) is 14.4. The second-order valence-corrected chi connectivity index (χ2v) is 4.06. The lowest BCUT2D eigenvalue weighted by Gasteiger charge is -1.97. The minimum atomic E-state index is -0.833. The van der Waals surface area contributed by atoms with Crippen LogP contribution in [-0.4, -0.2) is 22.8 Å². The number of carboxylic acids is 1. The average Bonchev–Trinajstić information content (AvgIpc) is 2.26. The summed E-state index contributed by atoms with van der Waals surface area (Å²) in [5.74, 6) is -0.833. The van der Waals surface area contributed by atoms with Crippen LogP contribution in [0.15, 0.2) is 12.2 Å². The number of carboxylic acid groups (broad SMARTS) is 1. The average molecular weight is 244 g/mol. The van der Waals surface area contributed by atoms with Crippen LogP contribution in [0.25, 0.3) is 0 Å². The van der Waals surface area contributed by atoms with E-state index < -0.39 is 5.97 Å². The number of hydrogen-bond acceptors (Lipinski definition) is 2. The Kier molecular flexibility index (Phi) is 19.1. The quantitative estimate of drug-likeness (QED) is 0.479. The molecule has 0 aliphatic carbocycles. The molecule has 0 saturated carbocycles. The lowest BCUT2D eigenvalue weighted by atomic mass is 10.1. The number of hydrogen-bond donors (Lipinski definition) is 2. The third-order valence-electron chi connectivity index (χ3n) is 2.15. The van der Waals surface area contributed by atoms with Crippen molar-refractivity contribution in [2.24, 2.45) is 0 Å². The van der Waals surface area contributed by atoms with Gasteiger partial charge in [-0.05, 0) is 25.7 Å². The molecule has 0 rings (SSSR count). The van der Waals surface area contributed by atoms with Gasteiger partial charge in [-0.2, -0.15) is 0 Å². The second kappa shape index (κ2) is 17.6. The van der Waals surface area contributed by atoms with E-state index in [9.17, 15) is 0 Å². The predicted molar refractivity (Wildman–Crippen MR) is 72.1 cm³/mol. The van der Waals surface area contributed by atoms with Gasteiger partial charge in [0.15, 0.2) is 0 Å². The van der Waals surface area contributed by atoms with Crippen LogP contribution < -0.4 is 0 Å². The number of carbonyl (C=O) groups is 1. The molecular weight excluding hydrogens is 216 g/mol. The maximum atomic E-state index is 9.00. The number of aliphatic carboxylic acids is 1. The number of aliphatic hydroxyl groups is 1. The van der Waals surface area contributed by atoms with Crippen LogP contribution >= 0.6 is 0 Å². The summed E-state index contributed by atoms with van der Waals surface area (Å²) >= 11 is 0. The second-order valence-electron chi connectivity index (χ2n) is 4.06. The molecule has 0 spiro atoms. The van der Waals surface area contributed by atoms with Gasteiger partial charge in [-0.15, -0.1) is 0 Å². The van der Waals surface area contributed by atoms with E-state index in [0.717, 1.165) is 13.3 Å². The first-order chi connectivity index (χ1) is 8.15. The van der Waals surface area contributed by atoms with Crippen LogP contribution in [-0.2, 0) is 4.79 Å². The van der Waals surface area contributed by atoms with Crippen molar-refractivity contribution in [3.63, 3.8) is 0 Å². The van der Waals surface area contributed by atoms with E-state index in [-0.39, 0.29) is 0 Å². The highest BCUT2D eigenvalue weighted by molar-refractivity contribution is 5.62. The minimum Gasteiger partial charge on any atom is -0.481 e. The zero-order valence-corrected chi connectivity index (χ0v) is 11.3. The first-order valence-corrected chi connectivity index (χ1v) is 6.60. The van der Waals surface area contributed by atoms with E-state index >= 15 is 0 Å². The molecule has 17 heavy (non-hydrogen) atoms. The lowest BCUT2D eigenvalue weighted by molar-refractivity contribution is -0.134. The Hall–Kier alpha value is -0.830. The highest BCUT2D eigenvalue weighted by Gasteiger charge is 1.87. The highest BCUT2D eigenvalue weighted by Crippen LogP contribution is 2.05. The van der Waals surface area contributed by atoms with E-state index in [2.05, 4.69) is 19.1 Å². The standard InChI is InChI=1S/C12H24O.C2H4O2/c1-2-3-4-5-6-7-8-9-10-11-12-13;1-2(3)4/h4-5,13H,2-3,6-12H2,1H3;1H3,(H,3,4)/b5-4-;.